The summed E-state index contributed by atoms with van der Waals surface area (Å²) in [7, 11) is 1.68. The monoisotopic (exact) mass is 438 g/mol. The van der Waals surface area contributed by atoms with E-state index in [4.69, 9.17) is 6.72 Å². The maximum atomic E-state index is 5.08. The minimum Gasteiger partial charge on any atom is -0.432 e. The summed E-state index contributed by atoms with van der Waals surface area (Å²) in [6.07, 6.45) is 4.75. The van der Waals surface area contributed by atoms with E-state index in [-0.39, 0.29) is 65.5 Å². The Morgan fingerprint density at radius 1 is 1.39 bits per heavy atom. The number of para-hydroxylation sites is 1. The van der Waals surface area contributed by atoms with Crippen LogP contribution >= 0.6 is 0 Å². The van der Waals surface area contributed by atoms with Gasteiger partial charge in [-0.3, -0.25) is 0 Å². The second-order valence-electron chi connectivity index (χ2n) is 3.34. The number of allylic oxidation sites excluding steroid dienone is 2. The Hall–Kier alpha value is 0.204. The maximum Gasteiger partial charge on any atom is 0.00794 e. The first-order valence-corrected chi connectivity index (χ1v) is 5.02. The zero-order valence-electron chi connectivity index (χ0n) is 10.5. The average molecular weight is 437 g/mol. The summed E-state index contributed by atoms with van der Waals surface area (Å²) in [5, 5.41) is 4.75. The third kappa shape index (κ3) is 6.39. The smallest absolute Gasteiger partial charge is 0.00794 e. The normalized spacial score (nSPS) is 10.5. The number of rotatable bonds is 4. The van der Waals surface area contributed by atoms with Gasteiger partial charge < -0.3 is 21.8 Å². The molecule has 0 atom stereocenters. The summed E-state index contributed by atoms with van der Waals surface area (Å²) in [6.45, 7) is 9.13. The summed E-state index contributed by atoms with van der Waals surface area (Å²) in [5.41, 5.74) is 3.12. The molecule has 0 spiro atoms. The van der Waals surface area contributed by atoms with Gasteiger partial charge in [-0.05, 0) is 13.8 Å². The van der Waals surface area contributed by atoms with Crippen molar-refractivity contribution in [2.24, 2.45) is 10.1 Å². The zero-order chi connectivity index (χ0) is 12.0. The Morgan fingerprint density at radius 2 is 2.00 bits per heavy atom. The summed E-state index contributed by atoms with van der Waals surface area (Å²) in [6, 6.07) is 7.88. The van der Waals surface area contributed by atoms with Crippen LogP contribution in [0.3, 0.4) is 0 Å². The molecule has 18 heavy (non-hydrogen) atoms. The number of nitrogens with zero attached hydrogens (tertiary/aromatic N) is 3. The molecule has 1 aromatic rings. The van der Waals surface area contributed by atoms with Crippen molar-refractivity contribution >= 4 is 24.3 Å². The fourth-order valence-electron chi connectivity index (χ4n) is 1.21. The summed E-state index contributed by atoms with van der Waals surface area (Å²) in [5.74, 6) is 0. The maximum absolute atomic E-state index is 5.08. The molecular formula is C13H15N3VYb-2. The van der Waals surface area contributed by atoms with Crippen molar-refractivity contribution in [3.8, 4) is 0 Å². The predicted molar refractivity (Wildman–Crippen MR) is 69.1 cm³/mol. The largest absolute Gasteiger partial charge is 0.432 e. The molecule has 1 aromatic carbocycles. The molecule has 0 fully saturated rings. The first-order chi connectivity index (χ1) is 7.69. The van der Waals surface area contributed by atoms with Gasteiger partial charge in [-0.2, -0.15) is 0 Å². The Morgan fingerprint density at radius 3 is 2.56 bits per heavy atom. The van der Waals surface area contributed by atoms with E-state index in [0.717, 1.165) is 11.3 Å². The standard InChI is InChI=1S/C13H15N3.V.Yb/c1-5-11(2)12-8-6-7-9-13(12)15-10-16(4)14-3;;/h3,5-9H,1-2,4H3;;/q-2;;/b11-5-;;. The minimum atomic E-state index is 0. The molecule has 103 valence electrons. The van der Waals surface area contributed by atoms with E-state index in [2.05, 4.69) is 16.4 Å². The van der Waals surface area contributed by atoms with Gasteiger partial charge in [0.2, 0.25) is 0 Å². The molecule has 0 heterocycles. The Labute approximate surface area is 160 Å². The van der Waals surface area contributed by atoms with Crippen LogP contribution in [0.5, 0.6) is 0 Å². The third-order valence-corrected chi connectivity index (χ3v) is 2.25. The van der Waals surface area contributed by atoms with E-state index in [1.165, 1.54) is 10.6 Å². The second-order valence-corrected chi connectivity index (χ2v) is 3.34. The van der Waals surface area contributed by atoms with E-state index in [1.54, 1.807) is 7.05 Å². The molecule has 1 radical (unpaired) electrons. The van der Waals surface area contributed by atoms with Crippen LogP contribution in [0.25, 0.3) is 5.57 Å². The minimum absolute atomic E-state index is 0. The molecule has 0 unspecified atom stereocenters. The van der Waals surface area contributed by atoms with E-state index in [9.17, 15) is 0 Å². The Bertz CT molecular complexity index is 430. The molecule has 1 rings (SSSR count). The van der Waals surface area contributed by atoms with Crippen molar-refractivity contribution in [3.63, 3.8) is 0 Å². The SMILES string of the molecule is [CH-]=NN(C)[C-]=Nc1ccccc1/C(C)=C\C.[V].[Yb]. The van der Waals surface area contributed by atoms with E-state index >= 15 is 0 Å². The summed E-state index contributed by atoms with van der Waals surface area (Å²) in [4.78, 5) is 4.21. The molecule has 0 aromatic heterocycles. The zero-order valence-corrected chi connectivity index (χ0v) is 13.6. The number of benzene rings is 1. The Kier molecular flexibility index (Phi) is 12.6. The quantitative estimate of drug-likeness (QED) is 0.234. The average Bonchev–Trinajstić information content (AvgIpc) is 2.35. The van der Waals surface area contributed by atoms with Crippen molar-refractivity contribution in [3.05, 3.63) is 35.9 Å². The Balaban J connectivity index is 0. The molecule has 0 aliphatic carbocycles. The van der Waals surface area contributed by atoms with Gasteiger partial charge >= 0.3 is 0 Å². The van der Waals surface area contributed by atoms with Crippen LogP contribution in [0.4, 0.5) is 5.69 Å². The van der Waals surface area contributed by atoms with E-state index in [0.29, 0.717) is 0 Å². The summed E-state index contributed by atoms with van der Waals surface area (Å²) < 4.78 is 0. The van der Waals surface area contributed by atoms with Crippen LogP contribution in [0.1, 0.15) is 19.4 Å². The van der Waals surface area contributed by atoms with Gasteiger partial charge in [-0.1, -0.05) is 47.4 Å². The van der Waals surface area contributed by atoms with Crippen molar-refractivity contribution in [2.45, 2.75) is 13.8 Å². The number of hydrazone groups is 1. The second kappa shape index (κ2) is 11.1. The molecule has 0 amide bonds. The van der Waals surface area contributed by atoms with Crippen molar-refractivity contribution in [1.29, 1.82) is 0 Å². The number of aliphatic imine (C=N–C) groups is 1. The summed E-state index contributed by atoms with van der Waals surface area (Å²) >= 11 is 0. The fraction of sp³-hybridized carbons (Fsp3) is 0.231. The van der Waals surface area contributed by atoms with Crippen molar-refractivity contribution in [2.75, 3.05) is 7.05 Å². The molecule has 3 nitrogen and oxygen atoms in total. The van der Waals surface area contributed by atoms with Crippen LogP contribution in [0.15, 0.2) is 40.4 Å². The molecule has 0 aliphatic rings. The molecular weight excluding hydrogens is 422 g/mol. The predicted octanol–water partition coefficient (Wildman–Crippen LogP) is 3.07. The van der Waals surface area contributed by atoms with Crippen molar-refractivity contribution in [1.82, 2.24) is 5.01 Å². The molecule has 0 N–H and O–H groups in total. The number of hydrogen-bond acceptors (Lipinski definition) is 2. The van der Waals surface area contributed by atoms with E-state index in [1.807, 2.05) is 44.2 Å². The van der Waals surface area contributed by atoms with Gasteiger partial charge in [0.05, 0.1) is 0 Å². The van der Waals surface area contributed by atoms with Crippen LogP contribution in [-0.2, 0) is 18.6 Å². The van der Waals surface area contributed by atoms with Crippen LogP contribution < -0.4 is 0 Å². The fourth-order valence-corrected chi connectivity index (χ4v) is 1.21. The van der Waals surface area contributed by atoms with Crippen LogP contribution in [-0.4, -0.2) is 25.1 Å². The van der Waals surface area contributed by atoms with Crippen LogP contribution in [0, 0.1) is 46.9 Å². The van der Waals surface area contributed by atoms with Gasteiger partial charge in [0.25, 0.3) is 0 Å². The number of hydrogen-bond donors (Lipinski definition) is 0. The molecule has 0 saturated heterocycles. The van der Waals surface area contributed by atoms with Gasteiger partial charge in [-0.25, -0.2) is 0 Å². The first kappa shape index (κ1) is 20.5. The molecule has 5 heteroatoms. The van der Waals surface area contributed by atoms with Crippen LogP contribution in [0.2, 0.25) is 0 Å². The molecule has 0 saturated carbocycles. The first-order valence-electron chi connectivity index (χ1n) is 5.02. The van der Waals surface area contributed by atoms with Crippen molar-refractivity contribution < 1.29 is 65.5 Å². The van der Waals surface area contributed by atoms with Gasteiger partial charge in [-0.15, -0.1) is 6.07 Å². The van der Waals surface area contributed by atoms with E-state index < -0.39 is 0 Å². The topological polar surface area (TPSA) is 28.0 Å². The van der Waals surface area contributed by atoms with Gasteiger partial charge in [0, 0.05) is 72.5 Å². The molecule has 0 aliphatic heterocycles. The third-order valence-electron chi connectivity index (χ3n) is 2.25. The molecule has 0 bridgehead atoms. The van der Waals surface area contributed by atoms with Gasteiger partial charge in [0.1, 0.15) is 0 Å². The van der Waals surface area contributed by atoms with Gasteiger partial charge in [0.15, 0.2) is 0 Å².